The molecule has 0 aromatic heterocycles. The molecule has 0 saturated heterocycles. The second-order valence-electron chi connectivity index (χ2n) is 3.55. The lowest BCUT2D eigenvalue weighted by Gasteiger charge is -2.07. The van der Waals surface area contributed by atoms with Crippen LogP contribution in [0.1, 0.15) is 13.8 Å². The van der Waals surface area contributed by atoms with E-state index in [2.05, 4.69) is 9.47 Å². The van der Waals surface area contributed by atoms with Gasteiger partial charge < -0.3 is 14.2 Å². The molecule has 0 fully saturated rings. The van der Waals surface area contributed by atoms with Crippen LogP contribution in [-0.4, -0.2) is 18.9 Å². The maximum absolute atomic E-state index is 11.1. The highest BCUT2D eigenvalue weighted by atomic mass is 16.8. The predicted molar refractivity (Wildman–Crippen MR) is 59.3 cm³/mol. The molecule has 0 N–H and O–H groups in total. The number of esters is 1. The summed E-state index contributed by atoms with van der Waals surface area (Å²) in [6, 6.07) is 8.47. The zero-order chi connectivity index (χ0) is 12.7. The fourth-order valence-corrected chi connectivity index (χ4v) is 0.917. The summed E-state index contributed by atoms with van der Waals surface area (Å²) in [4.78, 5) is 22.2. The van der Waals surface area contributed by atoms with Crippen LogP contribution in [0.5, 0.6) is 5.75 Å². The van der Waals surface area contributed by atoms with Gasteiger partial charge in [0.1, 0.15) is 5.75 Å². The molecule has 0 aliphatic heterocycles. The maximum Gasteiger partial charge on any atom is 0.516 e. The third kappa shape index (κ3) is 5.01. The SMILES string of the molecule is CC(C)C(=O)OCOC(=O)Oc1ccccc1. The van der Waals surface area contributed by atoms with Gasteiger partial charge in [-0.3, -0.25) is 4.79 Å². The molecule has 0 aliphatic rings. The van der Waals surface area contributed by atoms with Crippen molar-refractivity contribution in [2.45, 2.75) is 13.8 Å². The van der Waals surface area contributed by atoms with Crippen LogP contribution in [0.3, 0.4) is 0 Å². The number of benzene rings is 1. The molecule has 0 amide bonds. The lowest BCUT2D eigenvalue weighted by molar-refractivity contribution is -0.156. The van der Waals surface area contributed by atoms with E-state index in [-0.39, 0.29) is 5.92 Å². The average molecular weight is 238 g/mol. The fourth-order valence-electron chi connectivity index (χ4n) is 0.917. The molecule has 5 heteroatoms. The van der Waals surface area contributed by atoms with E-state index < -0.39 is 18.9 Å². The number of rotatable bonds is 4. The Balaban J connectivity index is 2.25. The summed E-state index contributed by atoms with van der Waals surface area (Å²) in [5.41, 5.74) is 0. The van der Waals surface area contributed by atoms with Gasteiger partial charge in [-0.2, -0.15) is 0 Å². The van der Waals surface area contributed by atoms with Crippen LogP contribution in [0.25, 0.3) is 0 Å². The molecular weight excluding hydrogens is 224 g/mol. The number of carbonyl (C=O) groups excluding carboxylic acids is 2. The summed E-state index contributed by atoms with van der Waals surface area (Å²) in [5.74, 6) is -0.325. The van der Waals surface area contributed by atoms with Gasteiger partial charge in [0, 0.05) is 0 Å². The second kappa shape index (κ2) is 6.52. The van der Waals surface area contributed by atoms with Crippen LogP contribution in [-0.2, 0) is 14.3 Å². The molecule has 5 nitrogen and oxygen atoms in total. The highest BCUT2D eigenvalue weighted by Gasteiger charge is 2.10. The van der Waals surface area contributed by atoms with E-state index >= 15 is 0 Å². The predicted octanol–water partition coefficient (Wildman–Crippen LogP) is 2.36. The Bertz CT molecular complexity index is 372. The van der Waals surface area contributed by atoms with Crippen molar-refractivity contribution in [1.29, 1.82) is 0 Å². The smallest absolute Gasteiger partial charge is 0.427 e. The first-order valence-corrected chi connectivity index (χ1v) is 5.16. The van der Waals surface area contributed by atoms with Crippen molar-refractivity contribution >= 4 is 12.1 Å². The largest absolute Gasteiger partial charge is 0.516 e. The van der Waals surface area contributed by atoms with Crippen LogP contribution in [0.4, 0.5) is 4.79 Å². The molecule has 0 unspecified atom stereocenters. The number of para-hydroxylation sites is 1. The van der Waals surface area contributed by atoms with Gasteiger partial charge in [-0.15, -0.1) is 0 Å². The first-order valence-electron chi connectivity index (χ1n) is 5.16. The Labute approximate surface area is 99.3 Å². The van der Waals surface area contributed by atoms with E-state index in [1.54, 1.807) is 44.2 Å². The second-order valence-corrected chi connectivity index (χ2v) is 3.55. The van der Waals surface area contributed by atoms with Crippen molar-refractivity contribution in [2.75, 3.05) is 6.79 Å². The molecule has 0 atom stereocenters. The first-order chi connectivity index (χ1) is 8.09. The molecule has 0 aliphatic carbocycles. The molecule has 0 spiro atoms. The van der Waals surface area contributed by atoms with Crippen LogP contribution < -0.4 is 4.74 Å². The molecule has 92 valence electrons. The van der Waals surface area contributed by atoms with E-state index in [9.17, 15) is 9.59 Å². The Morgan fingerprint density at radius 3 is 2.35 bits per heavy atom. The van der Waals surface area contributed by atoms with Crippen molar-refractivity contribution in [3.63, 3.8) is 0 Å². The molecule has 0 heterocycles. The molecule has 1 aromatic carbocycles. The molecular formula is C12H14O5. The van der Waals surface area contributed by atoms with Crippen LogP contribution >= 0.6 is 0 Å². The summed E-state index contributed by atoms with van der Waals surface area (Å²) >= 11 is 0. The van der Waals surface area contributed by atoms with Crippen molar-refractivity contribution < 1.29 is 23.8 Å². The summed E-state index contributed by atoms with van der Waals surface area (Å²) in [7, 11) is 0. The Kier molecular flexibility index (Phi) is 5.00. The van der Waals surface area contributed by atoms with Crippen molar-refractivity contribution in [3.8, 4) is 5.75 Å². The lowest BCUT2D eigenvalue weighted by atomic mass is 10.2. The van der Waals surface area contributed by atoms with Gasteiger partial charge in [-0.25, -0.2) is 4.79 Å². The Hall–Kier alpha value is -2.04. The van der Waals surface area contributed by atoms with Gasteiger partial charge >= 0.3 is 12.1 Å². The van der Waals surface area contributed by atoms with Gasteiger partial charge in [-0.1, -0.05) is 32.0 Å². The number of hydrogen-bond donors (Lipinski definition) is 0. The average Bonchev–Trinajstić information content (AvgIpc) is 2.30. The minimum Gasteiger partial charge on any atom is -0.427 e. The third-order valence-corrected chi connectivity index (χ3v) is 1.79. The number of carbonyl (C=O) groups is 2. The lowest BCUT2D eigenvalue weighted by Crippen LogP contribution is -2.18. The van der Waals surface area contributed by atoms with Gasteiger partial charge in [0.25, 0.3) is 0 Å². The topological polar surface area (TPSA) is 61.8 Å². The summed E-state index contributed by atoms with van der Waals surface area (Å²) in [6.45, 7) is 2.93. The Morgan fingerprint density at radius 1 is 1.12 bits per heavy atom. The quantitative estimate of drug-likeness (QED) is 0.457. The minimum absolute atomic E-state index is 0.260. The molecule has 1 rings (SSSR count). The number of hydrogen-bond acceptors (Lipinski definition) is 5. The molecule has 0 bridgehead atoms. The first kappa shape index (κ1) is 13.0. The van der Waals surface area contributed by atoms with Gasteiger partial charge in [0.05, 0.1) is 5.92 Å². The standard InChI is InChI=1S/C12H14O5/c1-9(2)11(13)15-8-16-12(14)17-10-6-4-3-5-7-10/h3-7,9H,8H2,1-2H3. The Morgan fingerprint density at radius 2 is 1.76 bits per heavy atom. The monoisotopic (exact) mass is 238 g/mol. The summed E-state index contributed by atoms with van der Waals surface area (Å²) in [5, 5.41) is 0. The van der Waals surface area contributed by atoms with E-state index in [0.717, 1.165) is 0 Å². The van der Waals surface area contributed by atoms with E-state index in [1.165, 1.54) is 0 Å². The third-order valence-electron chi connectivity index (χ3n) is 1.79. The summed E-state index contributed by atoms with van der Waals surface area (Å²) in [6.07, 6.45) is -0.909. The molecule has 0 saturated carbocycles. The van der Waals surface area contributed by atoms with E-state index in [4.69, 9.17) is 4.74 Å². The van der Waals surface area contributed by atoms with Crippen LogP contribution in [0.15, 0.2) is 30.3 Å². The van der Waals surface area contributed by atoms with Crippen molar-refractivity contribution in [2.24, 2.45) is 5.92 Å². The highest BCUT2D eigenvalue weighted by molar-refractivity contribution is 5.71. The summed E-state index contributed by atoms with van der Waals surface area (Å²) < 4.78 is 14.0. The molecule has 1 aromatic rings. The molecule has 17 heavy (non-hydrogen) atoms. The van der Waals surface area contributed by atoms with Crippen LogP contribution in [0, 0.1) is 5.92 Å². The number of ether oxygens (including phenoxy) is 3. The maximum atomic E-state index is 11.1. The highest BCUT2D eigenvalue weighted by Crippen LogP contribution is 2.09. The van der Waals surface area contributed by atoms with E-state index in [0.29, 0.717) is 5.75 Å². The fraction of sp³-hybridized carbons (Fsp3) is 0.333. The van der Waals surface area contributed by atoms with Gasteiger partial charge in [0.15, 0.2) is 0 Å². The van der Waals surface area contributed by atoms with Crippen LogP contribution in [0.2, 0.25) is 0 Å². The minimum atomic E-state index is -0.909. The normalized spacial score (nSPS) is 9.82. The van der Waals surface area contributed by atoms with Gasteiger partial charge in [-0.05, 0) is 12.1 Å². The zero-order valence-corrected chi connectivity index (χ0v) is 9.71. The van der Waals surface area contributed by atoms with E-state index in [1.807, 2.05) is 0 Å². The molecule has 0 radical (unpaired) electrons. The zero-order valence-electron chi connectivity index (χ0n) is 9.71. The van der Waals surface area contributed by atoms with Crippen molar-refractivity contribution in [1.82, 2.24) is 0 Å². The van der Waals surface area contributed by atoms with Gasteiger partial charge in [0.2, 0.25) is 6.79 Å². The van der Waals surface area contributed by atoms with Crippen molar-refractivity contribution in [3.05, 3.63) is 30.3 Å².